The van der Waals surface area contributed by atoms with Crippen LogP contribution in [0.25, 0.3) is 0 Å². The molecule has 1 aliphatic heterocycles. The van der Waals surface area contributed by atoms with E-state index in [0.717, 1.165) is 11.1 Å². The first-order valence-electron chi connectivity index (χ1n) is 7.94. The van der Waals surface area contributed by atoms with Crippen molar-refractivity contribution in [2.75, 3.05) is 0 Å². The number of hydrogen-bond donors (Lipinski definition) is 0. The standard InChI is InChI=1S/C20H21NO2/c1-3-10-15(2)21-18(16-11-6-4-7-12-16)19(23-20(21)22)17-13-8-5-9-14-17/h3-15,18-19H,1-2H3/b10-3+/t15-,18-,19+/m0/s1. The third-order valence-electron chi connectivity index (χ3n) is 4.20. The Bertz CT molecular complexity index is 681. The first-order chi connectivity index (χ1) is 11.2. The van der Waals surface area contributed by atoms with Crippen LogP contribution in [-0.4, -0.2) is 17.0 Å². The third kappa shape index (κ3) is 3.00. The van der Waals surface area contributed by atoms with Gasteiger partial charge in [0.25, 0.3) is 0 Å². The molecule has 0 N–H and O–H groups in total. The van der Waals surface area contributed by atoms with E-state index in [1.54, 1.807) is 0 Å². The summed E-state index contributed by atoms with van der Waals surface area (Å²) in [5.41, 5.74) is 2.11. The maximum absolute atomic E-state index is 12.5. The average molecular weight is 307 g/mol. The number of rotatable bonds is 4. The summed E-state index contributed by atoms with van der Waals surface area (Å²) in [7, 11) is 0. The van der Waals surface area contributed by atoms with E-state index in [9.17, 15) is 4.79 Å². The molecule has 2 aromatic carbocycles. The lowest BCUT2D eigenvalue weighted by Crippen LogP contribution is -2.35. The zero-order valence-corrected chi connectivity index (χ0v) is 13.4. The second-order valence-electron chi connectivity index (χ2n) is 5.74. The summed E-state index contributed by atoms with van der Waals surface area (Å²) in [6.45, 7) is 3.98. The van der Waals surface area contributed by atoms with Crippen LogP contribution in [0.15, 0.2) is 72.8 Å². The minimum atomic E-state index is -0.293. The van der Waals surface area contributed by atoms with Gasteiger partial charge in [-0.25, -0.2) is 4.79 Å². The fraction of sp³-hybridized carbons (Fsp3) is 0.250. The molecule has 0 bridgehead atoms. The van der Waals surface area contributed by atoms with Crippen molar-refractivity contribution in [1.29, 1.82) is 0 Å². The van der Waals surface area contributed by atoms with Crippen LogP contribution < -0.4 is 0 Å². The number of nitrogens with zero attached hydrogens (tertiary/aromatic N) is 1. The van der Waals surface area contributed by atoms with E-state index in [-0.39, 0.29) is 24.3 Å². The molecule has 0 radical (unpaired) electrons. The summed E-state index contributed by atoms with van der Waals surface area (Å²) in [6.07, 6.45) is 3.43. The molecule has 23 heavy (non-hydrogen) atoms. The molecule has 1 heterocycles. The number of carbonyl (C=O) groups excluding carboxylic acids is 1. The summed E-state index contributed by atoms with van der Waals surface area (Å²) in [5, 5.41) is 0. The number of benzene rings is 2. The molecule has 0 spiro atoms. The molecule has 1 fully saturated rings. The van der Waals surface area contributed by atoms with Gasteiger partial charge in [-0.2, -0.15) is 0 Å². The zero-order chi connectivity index (χ0) is 16.2. The minimum absolute atomic E-state index is 0.0218. The molecular formula is C20H21NO2. The molecule has 3 atom stereocenters. The highest BCUT2D eigenvalue weighted by atomic mass is 16.6. The van der Waals surface area contributed by atoms with E-state index in [1.165, 1.54) is 0 Å². The van der Waals surface area contributed by atoms with Crippen LogP contribution in [-0.2, 0) is 4.74 Å². The summed E-state index contributed by atoms with van der Waals surface area (Å²) >= 11 is 0. The van der Waals surface area contributed by atoms with Crippen molar-refractivity contribution < 1.29 is 9.53 Å². The maximum Gasteiger partial charge on any atom is 0.411 e. The summed E-state index contributed by atoms with van der Waals surface area (Å²) in [4.78, 5) is 14.4. The van der Waals surface area contributed by atoms with Crippen molar-refractivity contribution in [3.8, 4) is 0 Å². The van der Waals surface area contributed by atoms with Gasteiger partial charge in [-0.15, -0.1) is 0 Å². The van der Waals surface area contributed by atoms with Crippen LogP contribution in [0.1, 0.15) is 37.1 Å². The van der Waals surface area contributed by atoms with Crippen molar-refractivity contribution >= 4 is 6.09 Å². The van der Waals surface area contributed by atoms with E-state index >= 15 is 0 Å². The Morgan fingerprint density at radius 1 is 1.00 bits per heavy atom. The Kier molecular flexibility index (Phi) is 4.47. The molecule has 1 amide bonds. The Hall–Kier alpha value is -2.55. The van der Waals surface area contributed by atoms with Crippen LogP contribution in [0.2, 0.25) is 0 Å². The molecular weight excluding hydrogens is 286 g/mol. The van der Waals surface area contributed by atoms with Gasteiger partial charge in [0.15, 0.2) is 6.10 Å². The van der Waals surface area contributed by atoms with Gasteiger partial charge in [0.1, 0.15) is 6.04 Å². The molecule has 118 valence electrons. The van der Waals surface area contributed by atoms with Crippen LogP contribution in [0, 0.1) is 0 Å². The molecule has 0 aliphatic carbocycles. The number of cyclic esters (lactones) is 1. The van der Waals surface area contributed by atoms with E-state index in [2.05, 4.69) is 12.1 Å². The van der Waals surface area contributed by atoms with E-state index in [0.29, 0.717) is 0 Å². The van der Waals surface area contributed by atoms with Gasteiger partial charge in [-0.3, -0.25) is 4.90 Å². The van der Waals surface area contributed by atoms with Crippen molar-refractivity contribution in [2.45, 2.75) is 32.0 Å². The molecule has 3 rings (SSSR count). The third-order valence-corrected chi connectivity index (χ3v) is 4.20. The molecule has 0 unspecified atom stereocenters. The molecule has 1 aliphatic rings. The van der Waals surface area contributed by atoms with Crippen LogP contribution in [0.3, 0.4) is 0 Å². The van der Waals surface area contributed by atoms with Gasteiger partial charge in [-0.05, 0) is 25.0 Å². The Labute approximate surface area is 137 Å². The molecule has 3 nitrogen and oxygen atoms in total. The van der Waals surface area contributed by atoms with Gasteiger partial charge in [0.2, 0.25) is 0 Å². The van der Waals surface area contributed by atoms with Crippen molar-refractivity contribution in [3.05, 3.63) is 83.9 Å². The number of allylic oxidation sites excluding steroid dienone is 1. The summed E-state index contributed by atoms with van der Waals surface area (Å²) < 4.78 is 5.75. The molecule has 3 heteroatoms. The summed E-state index contributed by atoms with van der Waals surface area (Å²) in [5.74, 6) is 0. The average Bonchev–Trinajstić information content (AvgIpc) is 2.94. The van der Waals surface area contributed by atoms with Gasteiger partial charge in [0, 0.05) is 0 Å². The van der Waals surface area contributed by atoms with Gasteiger partial charge in [0.05, 0.1) is 6.04 Å². The van der Waals surface area contributed by atoms with Gasteiger partial charge >= 0.3 is 6.09 Å². The van der Waals surface area contributed by atoms with Crippen LogP contribution in [0.5, 0.6) is 0 Å². The topological polar surface area (TPSA) is 29.5 Å². The largest absolute Gasteiger partial charge is 0.439 e. The quantitative estimate of drug-likeness (QED) is 0.753. The number of carbonyl (C=O) groups is 1. The molecule has 1 saturated heterocycles. The van der Waals surface area contributed by atoms with Crippen LogP contribution >= 0.6 is 0 Å². The van der Waals surface area contributed by atoms with Crippen LogP contribution in [0.4, 0.5) is 4.79 Å². The lowest BCUT2D eigenvalue weighted by molar-refractivity contribution is 0.129. The number of ether oxygens (including phenoxy) is 1. The summed E-state index contributed by atoms with van der Waals surface area (Å²) in [6, 6.07) is 19.9. The Morgan fingerprint density at radius 2 is 1.57 bits per heavy atom. The van der Waals surface area contributed by atoms with Gasteiger partial charge < -0.3 is 4.74 Å². The maximum atomic E-state index is 12.5. The highest BCUT2D eigenvalue weighted by Crippen LogP contribution is 2.44. The minimum Gasteiger partial charge on any atom is -0.439 e. The fourth-order valence-corrected chi connectivity index (χ4v) is 3.16. The van der Waals surface area contributed by atoms with E-state index in [1.807, 2.05) is 79.4 Å². The SMILES string of the molecule is C/C=C/[C@H](C)N1C(=O)O[C@H](c2ccccc2)[C@@H]1c1ccccc1. The number of amides is 1. The predicted molar refractivity (Wildman–Crippen MR) is 91.0 cm³/mol. The first kappa shape index (κ1) is 15.3. The smallest absolute Gasteiger partial charge is 0.411 e. The van der Waals surface area contributed by atoms with Crippen molar-refractivity contribution in [1.82, 2.24) is 4.90 Å². The second kappa shape index (κ2) is 6.69. The van der Waals surface area contributed by atoms with E-state index in [4.69, 9.17) is 4.74 Å². The normalized spacial score (nSPS) is 22.3. The second-order valence-corrected chi connectivity index (χ2v) is 5.74. The molecule has 0 aromatic heterocycles. The first-order valence-corrected chi connectivity index (χ1v) is 7.94. The molecule has 0 saturated carbocycles. The number of hydrogen-bond acceptors (Lipinski definition) is 2. The molecule has 2 aromatic rings. The van der Waals surface area contributed by atoms with Crippen molar-refractivity contribution in [2.24, 2.45) is 0 Å². The highest BCUT2D eigenvalue weighted by Gasteiger charge is 2.44. The monoisotopic (exact) mass is 307 g/mol. The Balaban J connectivity index is 2.05. The zero-order valence-electron chi connectivity index (χ0n) is 13.4. The Morgan fingerprint density at radius 3 is 2.13 bits per heavy atom. The van der Waals surface area contributed by atoms with E-state index < -0.39 is 0 Å². The predicted octanol–water partition coefficient (Wildman–Crippen LogP) is 4.89. The lowest BCUT2D eigenvalue weighted by atomic mass is 9.94. The van der Waals surface area contributed by atoms with Crippen molar-refractivity contribution in [3.63, 3.8) is 0 Å². The van der Waals surface area contributed by atoms with Gasteiger partial charge in [-0.1, -0.05) is 72.8 Å². The fourth-order valence-electron chi connectivity index (χ4n) is 3.16. The highest BCUT2D eigenvalue weighted by molar-refractivity contribution is 5.72. The lowest BCUT2D eigenvalue weighted by Gasteiger charge is -2.28.